The summed E-state index contributed by atoms with van der Waals surface area (Å²) in [6.45, 7) is 2.48. The zero-order valence-corrected chi connectivity index (χ0v) is 9.03. The molecule has 4 heteroatoms. The van der Waals surface area contributed by atoms with E-state index < -0.39 is 0 Å². The van der Waals surface area contributed by atoms with Crippen LogP contribution in [-0.4, -0.2) is 33.3 Å². The van der Waals surface area contributed by atoms with E-state index in [2.05, 4.69) is 16.0 Å². The van der Waals surface area contributed by atoms with Crippen LogP contribution < -0.4 is 0 Å². The summed E-state index contributed by atoms with van der Waals surface area (Å²) in [4.78, 5) is 5.85. The number of hydrogen-bond donors (Lipinski definition) is 0. The Bertz CT molecular complexity index is 281. The number of fused-ring (bicyclic) bond motifs is 1. The Morgan fingerprint density at radius 2 is 2.15 bits per heavy atom. The lowest BCUT2D eigenvalue weighted by molar-refractivity contribution is 0.433. The third kappa shape index (κ3) is 1.19. The molecule has 0 radical (unpaired) electrons. The Labute approximate surface area is 88.0 Å². The van der Waals surface area contributed by atoms with Gasteiger partial charge in [0.25, 0.3) is 0 Å². The van der Waals surface area contributed by atoms with Crippen LogP contribution in [0.3, 0.4) is 0 Å². The molecule has 3 heterocycles. The molecule has 3 rings (SSSR count). The average Bonchev–Trinajstić information content (AvgIpc) is 2.69. The van der Waals surface area contributed by atoms with Gasteiger partial charge in [0, 0.05) is 25.7 Å². The van der Waals surface area contributed by atoms with E-state index in [-0.39, 0.29) is 0 Å². The minimum Gasteiger partial charge on any atom is -0.365 e. The number of hydrogen-bond acceptors (Lipinski definition) is 3. The molecule has 0 saturated carbocycles. The predicted octanol–water partition coefficient (Wildman–Crippen LogP) is 1.99. The maximum Gasteiger partial charge on any atom is 0.0923 e. The second-order valence-electron chi connectivity index (χ2n) is 3.74. The normalized spacial score (nSPS) is 31.8. The molecule has 70 valence electrons. The van der Waals surface area contributed by atoms with Crippen molar-refractivity contribution in [3.8, 4) is 0 Å². The van der Waals surface area contributed by atoms with Gasteiger partial charge in [0.1, 0.15) is 0 Å². The van der Waals surface area contributed by atoms with Crippen LogP contribution in [0.2, 0.25) is 0 Å². The van der Waals surface area contributed by atoms with Gasteiger partial charge < -0.3 is 9.80 Å². The summed E-state index contributed by atoms with van der Waals surface area (Å²) in [6.07, 6.45) is 6.06. The van der Waals surface area contributed by atoms with Crippen molar-refractivity contribution < 1.29 is 0 Å². The van der Waals surface area contributed by atoms with Crippen molar-refractivity contribution in [3.05, 3.63) is 11.2 Å². The molecule has 0 aromatic carbocycles. The molecule has 3 aliphatic rings. The molecule has 0 unspecified atom stereocenters. The van der Waals surface area contributed by atoms with E-state index in [4.69, 9.17) is 12.2 Å². The summed E-state index contributed by atoms with van der Waals surface area (Å²) < 4.78 is 0. The first kappa shape index (κ1) is 8.12. The van der Waals surface area contributed by atoms with Gasteiger partial charge in [-0.3, -0.25) is 0 Å². The van der Waals surface area contributed by atoms with Gasteiger partial charge in [0.05, 0.1) is 15.4 Å². The van der Waals surface area contributed by atoms with E-state index in [1.54, 1.807) is 0 Å². The van der Waals surface area contributed by atoms with Crippen molar-refractivity contribution in [2.75, 3.05) is 13.1 Å². The van der Waals surface area contributed by atoms with Gasteiger partial charge in [-0.05, 0) is 12.8 Å². The number of thioether (sulfide) groups is 1. The Kier molecular flexibility index (Phi) is 1.80. The molecule has 2 fully saturated rings. The fourth-order valence-corrected chi connectivity index (χ4v) is 3.88. The maximum atomic E-state index is 5.20. The summed E-state index contributed by atoms with van der Waals surface area (Å²) in [5.74, 6) is 0. The summed E-state index contributed by atoms with van der Waals surface area (Å²) in [5.41, 5.74) is 0. The molecule has 2 nitrogen and oxygen atoms in total. The number of rotatable bonds is 1. The van der Waals surface area contributed by atoms with Crippen LogP contribution in [-0.2, 0) is 0 Å². The van der Waals surface area contributed by atoms with Crippen molar-refractivity contribution in [2.45, 2.75) is 24.6 Å². The van der Waals surface area contributed by atoms with Crippen molar-refractivity contribution in [3.63, 3.8) is 0 Å². The quantitative estimate of drug-likeness (QED) is 0.613. The second-order valence-corrected chi connectivity index (χ2v) is 5.41. The zero-order valence-electron chi connectivity index (χ0n) is 7.40. The largest absolute Gasteiger partial charge is 0.365 e. The Hall–Kier alpha value is -0.220. The van der Waals surface area contributed by atoms with E-state index in [9.17, 15) is 0 Å². The molecule has 0 aromatic rings. The summed E-state index contributed by atoms with van der Waals surface area (Å²) in [7, 11) is 0. The molecule has 0 aliphatic carbocycles. The molecule has 0 bridgehead atoms. The van der Waals surface area contributed by atoms with Crippen LogP contribution in [0.25, 0.3) is 0 Å². The van der Waals surface area contributed by atoms with Gasteiger partial charge in [-0.15, -0.1) is 0 Å². The topological polar surface area (TPSA) is 6.48 Å². The third-order valence-electron chi connectivity index (χ3n) is 2.87. The van der Waals surface area contributed by atoms with Gasteiger partial charge in [-0.25, -0.2) is 0 Å². The first-order valence-electron chi connectivity index (χ1n) is 4.79. The first-order valence-corrected chi connectivity index (χ1v) is 6.08. The maximum absolute atomic E-state index is 5.20. The highest BCUT2D eigenvalue weighted by Gasteiger charge is 2.39. The summed E-state index contributed by atoms with van der Waals surface area (Å²) >= 11 is 7.19. The highest BCUT2D eigenvalue weighted by Crippen LogP contribution is 2.44. The smallest absolute Gasteiger partial charge is 0.0923 e. The van der Waals surface area contributed by atoms with Gasteiger partial charge in [0.2, 0.25) is 0 Å². The van der Waals surface area contributed by atoms with Crippen molar-refractivity contribution in [1.82, 2.24) is 9.80 Å². The Balaban J connectivity index is 1.75. The lowest BCUT2D eigenvalue weighted by atomic mass is 10.2. The molecular formula is C9H12N2S2. The fourth-order valence-electron chi connectivity index (χ4n) is 2.04. The SMILES string of the molecule is S=C1C[C@H]2SC(N3CCCC3)=CN12. The molecule has 1 atom stereocenters. The van der Waals surface area contributed by atoms with E-state index >= 15 is 0 Å². The van der Waals surface area contributed by atoms with Crippen molar-refractivity contribution in [1.29, 1.82) is 0 Å². The minimum atomic E-state index is 0.642. The monoisotopic (exact) mass is 212 g/mol. The first-order chi connectivity index (χ1) is 6.34. The summed E-state index contributed by atoms with van der Waals surface area (Å²) in [5, 5.41) is 2.09. The van der Waals surface area contributed by atoms with Gasteiger partial charge >= 0.3 is 0 Å². The standard InChI is InChI=1S/C9H12N2S2/c12-7-5-8-11(7)6-9(13-8)10-3-1-2-4-10/h6,8H,1-5H2/t8-/m1/s1. The zero-order chi connectivity index (χ0) is 8.84. The van der Waals surface area contributed by atoms with Crippen LogP contribution >= 0.6 is 24.0 Å². The highest BCUT2D eigenvalue weighted by atomic mass is 32.2. The number of nitrogens with zero attached hydrogens (tertiary/aromatic N) is 2. The molecule has 2 saturated heterocycles. The van der Waals surface area contributed by atoms with Gasteiger partial charge in [-0.2, -0.15) is 0 Å². The molecule has 0 spiro atoms. The molecule has 0 amide bonds. The van der Waals surface area contributed by atoms with Crippen LogP contribution in [0.15, 0.2) is 11.2 Å². The van der Waals surface area contributed by atoms with Crippen molar-refractivity contribution >= 4 is 29.0 Å². The second kappa shape index (κ2) is 2.89. The number of likely N-dealkylation sites (tertiary alicyclic amines) is 1. The van der Waals surface area contributed by atoms with Crippen LogP contribution in [0, 0.1) is 0 Å². The number of thiocarbonyl (C=S) groups is 1. The van der Waals surface area contributed by atoms with Crippen LogP contribution in [0.4, 0.5) is 0 Å². The van der Waals surface area contributed by atoms with E-state index in [1.807, 2.05) is 11.8 Å². The van der Waals surface area contributed by atoms with Crippen LogP contribution in [0.5, 0.6) is 0 Å². The van der Waals surface area contributed by atoms with E-state index in [1.165, 1.54) is 31.0 Å². The summed E-state index contributed by atoms with van der Waals surface area (Å²) in [6, 6.07) is 0. The van der Waals surface area contributed by atoms with Crippen LogP contribution in [0.1, 0.15) is 19.3 Å². The molecule has 0 N–H and O–H groups in total. The fraction of sp³-hybridized carbons (Fsp3) is 0.667. The lowest BCUT2D eigenvalue weighted by Crippen LogP contribution is -2.43. The van der Waals surface area contributed by atoms with Crippen molar-refractivity contribution in [2.24, 2.45) is 0 Å². The van der Waals surface area contributed by atoms with Gasteiger partial charge in [-0.1, -0.05) is 24.0 Å². The average molecular weight is 212 g/mol. The lowest BCUT2D eigenvalue weighted by Gasteiger charge is -2.34. The van der Waals surface area contributed by atoms with E-state index in [0.717, 1.165) is 11.4 Å². The third-order valence-corrected chi connectivity index (χ3v) is 4.52. The Morgan fingerprint density at radius 1 is 1.38 bits per heavy atom. The molecule has 3 aliphatic heterocycles. The molecule has 13 heavy (non-hydrogen) atoms. The predicted molar refractivity (Wildman–Crippen MR) is 59.3 cm³/mol. The minimum absolute atomic E-state index is 0.642. The van der Waals surface area contributed by atoms with Gasteiger partial charge in [0.15, 0.2) is 0 Å². The van der Waals surface area contributed by atoms with E-state index in [0.29, 0.717) is 5.37 Å². The Morgan fingerprint density at radius 3 is 2.77 bits per heavy atom. The molecule has 0 aromatic heterocycles. The molecular weight excluding hydrogens is 200 g/mol. The highest BCUT2D eigenvalue weighted by molar-refractivity contribution is 8.04.